The second-order valence-electron chi connectivity index (χ2n) is 3.62. The highest BCUT2D eigenvalue weighted by Crippen LogP contribution is 2.12. The topological polar surface area (TPSA) is 129 Å². The molecule has 0 aliphatic heterocycles. The average Bonchev–Trinajstić information content (AvgIpc) is 3.08. The van der Waals surface area contributed by atoms with Crippen molar-refractivity contribution in [2.45, 2.75) is 11.7 Å². The maximum Gasteiger partial charge on any atom is 0.293 e. The second-order valence-corrected chi connectivity index (χ2v) is 4.56. The van der Waals surface area contributed by atoms with E-state index < -0.39 is 11.8 Å². The van der Waals surface area contributed by atoms with Crippen LogP contribution >= 0.6 is 11.8 Å². The van der Waals surface area contributed by atoms with E-state index in [0.717, 1.165) is 11.8 Å². The summed E-state index contributed by atoms with van der Waals surface area (Å²) >= 11 is 1.12. The van der Waals surface area contributed by atoms with Gasteiger partial charge in [-0.25, -0.2) is 4.68 Å². The van der Waals surface area contributed by atoms with Gasteiger partial charge >= 0.3 is 0 Å². The van der Waals surface area contributed by atoms with E-state index in [9.17, 15) is 9.59 Å². The van der Waals surface area contributed by atoms with Crippen LogP contribution in [0.3, 0.4) is 0 Å². The van der Waals surface area contributed by atoms with Crippen molar-refractivity contribution in [1.29, 1.82) is 0 Å². The van der Waals surface area contributed by atoms with Gasteiger partial charge in [-0.05, 0) is 22.6 Å². The molecule has 0 atom stereocenters. The van der Waals surface area contributed by atoms with Crippen molar-refractivity contribution in [2.75, 3.05) is 12.3 Å². The predicted molar refractivity (Wildman–Crippen MR) is 68.8 cm³/mol. The van der Waals surface area contributed by atoms with E-state index in [0.29, 0.717) is 18.2 Å². The zero-order valence-corrected chi connectivity index (χ0v) is 11.2. The Morgan fingerprint density at radius 3 is 3.05 bits per heavy atom. The standard InChI is InChI=1S/C10H12N6O3S/c11-3-4-16-10(13-14-15-16)20-6-8(17)12-9(18)7-2-1-5-19-7/h1-2,5H,3-4,6,11H2,(H,12,17,18). The first kappa shape index (κ1) is 14.2. The Morgan fingerprint density at radius 2 is 2.35 bits per heavy atom. The highest BCUT2D eigenvalue weighted by molar-refractivity contribution is 7.99. The molecule has 0 bridgehead atoms. The molecule has 3 N–H and O–H groups in total. The van der Waals surface area contributed by atoms with Crippen molar-refractivity contribution in [3.63, 3.8) is 0 Å². The second kappa shape index (κ2) is 6.82. The molecular formula is C10H12N6O3S. The third-order valence-corrected chi connectivity index (χ3v) is 3.13. The molecule has 2 rings (SSSR count). The van der Waals surface area contributed by atoms with Gasteiger partial charge in [-0.2, -0.15) is 0 Å². The molecule has 0 aromatic carbocycles. The van der Waals surface area contributed by atoms with Crippen LogP contribution in [0.5, 0.6) is 0 Å². The molecular weight excluding hydrogens is 284 g/mol. The highest BCUT2D eigenvalue weighted by atomic mass is 32.2. The van der Waals surface area contributed by atoms with Crippen LogP contribution in [0.1, 0.15) is 10.6 Å². The molecule has 0 saturated carbocycles. The Morgan fingerprint density at radius 1 is 1.50 bits per heavy atom. The number of nitrogens with two attached hydrogens (primary N) is 1. The van der Waals surface area contributed by atoms with E-state index in [2.05, 4.69) is 20.8 Å². The van der Waals surface area contributed by atoms with Gasteiger partial charge in [0.25, 0.3) is 5.91 Å². The number of aromatic nitrogens is 4. The first-order valence-electron chi connectivity index (χ1n) is 5.67. The summed E-state index contributed by atoms with van der Waals surface area (Å²) in [7, 11) is 0. The fourth-order valence-electron chi connectivity index (χ4n) is 1.32. The summed E-state index contributed by atoms with van der Waals surface area (Å²) < 4.78 is 6.37. The Hall–Kier alpha value is -2.20. The molecule has 0 unspecified atom stereocenters. The molecule has 0 aliphatic carbocycles. The minimum atomic E-state index is -0.581. The number of tetrazole rings is 1. The molecule has 20 heavy (non-hydrogen) atoms. The van der Waals surface area contributed by atoms with Crippen LogP contribution in [0.4, 0.5) is 0 Å². The average molecular weight is 296 g/mol. The summed E-state index contributed by atoms with van der Waals surface area (Å²) in [4.78, 5) is 23.2. The van der Waals surface area contributed by atoms with Crippen LogP contribution in [-0.2, 0) is 11.3 Å². The molecule has 0 aliphatic rings. The third-order valence-electron chi connectivity index (χ3n) is 2.17. The lowest BCUT2D eigenvalue weighted by atomic mass is 10.4. The third kappa shape index (κ3) is 3.65. The molecule has 0 radical (unpaired) electrons. The fraction of sp³-hybridized carbons (Fsp3) is 0.300. The SMILES string of the molecule is NCCn1nnnc1SCC(=O)NC(=O)c1ccco1. The number of hydrogen-bond donors (Lipinski definition) is 2. The molecule has 2 heterocycles. The number of carbonyl (C=O) groups is 2. The monoisotopic (exact) mass is 296 g/mol. The normalized spacial score (nSPS) is 10.4. The lowest BCUT2D eigenvalue weighted by Crippen LogP contribution is -2.31. The van der Waals surface area contributed by atoms with Crippen molar-refractivity contribution in [3.05, 3.63) is 24.2 Å². The van der Waals surface area contributed by atoms with E-state index in [1.807, 2.05) is 0 Å². The molecule has 0 saturated heterocycles. The summed E-state index contributed by atoms with van der Waals surface area (Å²) in [6.45, 7) is 0.851. The van der Waals surface area contributed by atoms with Crippen LogP contribution in [0.15, 0.2) is 28.0 Å². The molecule has 106 valence electrons. The summed E-state index contributed by atoms with van der Waals surface area (Å²) in [6.07, 6.45) is 1.36. The van der Waals surface area contributed by atoms with Crippen molar-refractivity contribution >= 4 is 23.6 Å². The van der Waals surface area contributed by atoms with Crippen LogP contribution in [0.25, 0.3) is 0 Å². The Labute approximate surface area is 117 Å². The smallest absolute Gasteiger partial charge is 0.293 e. The van der Waals surface area contributed by atoms with Gasteiger partial charge in [-0.15, -0.1) is 5.10 Å². The number of thioether (sulfide) groups is 1. The van der Waals surface area contributed by atoms with Crippen molar-refractivity contribution in [3.8, 4) is 0 Å². The fourth-order valence-corrected chi connectivity index (χ4v) is 2.03. The van der Waals surface area contributed by atoms with Crippen LogP contribution in [-0.4, -0.2) is 44.3 Å². The number of imide groups is 1. The minimum absolute atomic E-state index is 0.0113. The maximum absolute atomic E-state index is 11.6. The minimum Gasteiger partial charge on any atom is -0.459 e. The largest absolute Gasteiger partial charge is 0.459 e. The van der Waals surface area contributed by atoms with Gasteiger partial charge in [0.2, 0.25) is 11.1 Å². The molecule has 2 aromatic rings. The Balaban J connectivity index is 1.83. The zero-order chi connectivity index (χ0) is 14.4. The Kier molecular flexibility index (Phi) is 4.85. The van der Waals surface area contributed by atoms with Crippen molar-refractivity contribution < 1.29 is 14.0 Å². The van der Waals surface area contributed by atoms with Crippen molar-refractivity contribution in [2.24, 2.45) is 5.73 Å². The van der Waals surface area contributed by atoms with Gasteiger partial charge in [0, 0.05) is 6.54 Å². The van der Waals surface area contributed by atoms with E-state index in [-0.39, 0.29) is 11.5 Å². The number of carbonyl (C=O) groups excluding carboxylic acids is 2. The van der Waals surface area contributed by atoms with Crippen LogP contribution < -0.4 is 11.1 Å². The summed E-state index contributed by atoms with van der Waals surface area (Å²) in [5, 5.41) is 13.7. The summed E-state index contributed by atoms with van der Waals surface area (Å²) in [5.74, 6) is -0.950. The van der Waals surface area contributed by atoms with Gasteiger partial charge < -0.3 is 10.2 Å². The molecule has 0 spiro atoms. The predicted octanol–water partition coefficient (Wildman–Crippen LogP) is -0.727. The number of rotatable bonds is 6. The lowest BCUT2D eigenvalue weighted by Gasteiger charge is -2.03. The van der Waals surface area contributed by atoms with E-state index in [4.69, 9.17) is 10.2 Å². The Bertz CT molecular complexity index is 582. The quantitative estimate of drug-likeness (QED) is 0.668. The van der Waals surface area contributed by atoms with Crippen molar-refractivity contribution in [1.82, 2.24) is 25.5 Å². The first-order chi connectivity index (χ1) is 9.70. The van der Waals surface area contributed by atoms with Gasteiger partial charge in [-0.1, -0.05) is 11.8 Å². The van der Waals surface area contributed by atoms with E-state index >= 15 is 0 Å². The van der Waals surface area contributed by atoms with Gasteiger partial charge in [0.15, 0.2) is 5.76 Å². The molecule has 2 aromatic heterocycles. The summed E-state index contributed by atoms with van der Waals surface area (Å²) in [6, 6.07) is 3.03. The first-order valence-corrected chi connectivity index (χ1v) is 6.66. The van der Waals surface area contributed by atoms with Gasteiger partial charge in [0.05, 0.1) is 18.6 Å². The van der Waals surface area contributed by atoms with Gasteiger partial charge in [-0.3, -0.25) is 14.9 Å². The number of hydrogen-bond acceptors (Lipinski definition) is 8. The summed E-state index contributed by atoms with van der Waals surface area (Å²) in [5.41, 5.74) is 5.40. The van der Waals surface area contributed by atoms with Crippen LogP contribution in [0.2, 0.25) is 0 Å². The zero-order valence-electron chi connectivity index (χ0n) is 10.4. The van der Waals surface area contributed by atoms with Gasteiger partial charge in [0.1, 0.15) is 0 Å². The number of furan rings is 1. The molecule has 9 nitrogen and oxygen atoms in total. The highest BCUT2D eigenvalue weighted by Gasteiger charge is 2.14. The molecule has 2 amide bonds. The van der Waals surface area contributed by atoms with E-state index in [1.54, 1.807) is 6.07 Å². The number of nitrogens with zero attached hydrogens (tertiary/aromatic N) is 4. The molecule has 10 heteroatoms. The molecule has 0 fully saturated rings. The lowest BCUT2D eigenvalue weighted by molar-refractivity contribution is -0.117. The van der Waals surface area contributed by atoms with E-state index in [1.165, 1.54) is 17.0 Å². The maximum atomic E-state index is 11.6. The number of nitrogens with one attached hydrogen (secondary N) is 1. The van der Waals surface area contributed by atoms with Crippen LogP contribution in [0, 0.1) is 0 Å². The number of amides is 2.